The smallest absolute Gasteiger partial charge is 0.340 e. The predicted molar refractivity (Wildman–Crippen MR) is 158 cm³/mol. The molecule has 0 spiro atoms. The number of oxazole rings is 1. The number of Topliss-reactive ketones (excluding diaryl/α,β-unsaturated/α-hetero) is 1. The average molecular weight is 609 g/mol. The van der Waals surface area contributed by atoms with Crippen molar-refractivity contribution in [3.05, 3.63) is 73.6 Å². The van der Waals surface area contributed by atoms with Crippen LogP contribution in [-0.2, 0) is 20.9 Å². The molecular formula is C30H32N4O8S. The van der Waals surface area contributed by atoms with Gasteiger partial charge in [-0.2, -0.15) is 4.57 Å². The number of hydrogen-bond donors (Lipinski definition) is 0. The number of aryl methyl sites for hydroxylation is 1. The van der Waals surface area contributed by atoms with Crippen molar-refractivity contribution in [2.45, 2.75) is 52.7 Å². The molecule has 4 aromatic rings. The van der Waals surface area contributed by atoms with Crippen LogP contribution >= 0.6 is 11.3 Å². The number of amides is 1. The Morgan fingerprint density at radius 3 is 2.51 bits per heavy atom. The van der Waals surface area contributed by atoms with Crippen molar-refractivity contribution in [1.29, 1.82) is 0 Å². The summed E-state index contributed by atoms with van der Waals surface area (Å²) < 4.78 is 18.7. The van der Waals surface area contributed by atoms with E-state index in [1.807, 2.05) is 0 Å². The first kappa shape index (κ1) is 30.0. The van der Waals surface area contributed by atoms with E-state index in [4.69, 9.17) is 13.9 Å². The first-order valence-electron chi connectivity index (χ1n) is 14.0. The summed E-state index contributed by atoms with van der Waals surface area (Å²) in [5.41, 5.74) is -0.669. The van der Waals surface area contributed by atoms with E-state index in [1.165, 1.54) is 24.1 Å². The number of esters is 1. The number of para-hydroxylation sites is 1. The Kier molecular flexibility index (Phi) is 8.62. The summed E-state index contributed by atoms with van der Waals surface area (Å²) in [7, 11) is 1.48. The third-order valence-corrected chi connectivity index (χ3v) is 8.95. The van der Waals surface area contributed by atoms with E-state index in [0.29, 0.717) is 30.0 Å². The summed E-state index contributed by atoms with van der Waals surface area (Å²) in [6.45, 7) is 5.82. The highest BCUT2D eigenvalue weighted by atomic mass is 32.1. The highest BCUT2D eigenvalue weighted by molar-refractivity contribution is 7.20. The third kappa shape index (κ3) is 5.52. The number of thiophene rings is 1. The van der Waals surface area contributed by atoms with Gasteiger partial charge in [-0.25, -0.2) is 9.78 Å². The summed E-state index contributed by atoms with van der Waals surface area (Å²) in [4.78, 5) is 73.2. The second kappa shape index (κ2) is 12.4. The molecule has 2 atom stereocenters. The van der Waals surface area contributed by atoms with E-state index < -0.39 is 35.0 Å². The van der Waals surface area contributed by atoms with Gasteiger partial charge in [-0.1, -0.05) is 25.1 Å². The van der Waals surface area contributed by atoms with Gasteiger partial charge in [0.15, 0.2) is 5.78 Å². The van der Waals surface area contributed by atoms with Crippen molar-refractivity contribution < 1.29 is 28.3 Å². The number of ketones is 1. The van der Waals surface area contributed by atoms with Gasteiger partial charge in [0.25, 0.3) is 5.56 Å². The lowest BCUT2D eigenvalue weighted by atomic mass is 10.0. The lowest BCUT2D eigenvalue weighted by Gasteiger charge is -2.22. The maximum atomic E-state index is 14.0. The van der Waals surface area contributed by atoms with Gasteiger partial charge >= 0.3 is 17.7 Å². The van der Waals surface area contributed by atoms with Gasteiger partial charge in [-0.05, 0) is 38.3 Å². The van der Waals surface area contributed by atoms with E-state index in [2.05, 4.69) is 4.98 Å². The van der Waals surface area contributed by atoms with E-state index in [9.17, 15) is 24.0 Å². The molecular weight excluding hydrogens is 576 g/mol. The van der Waals surface area contributed by atoms with Crippen LogP contribution < -0.4 is 16.0 Å². The molecule has 4 heterocycles. The van der Waals surface area contributed by atoms with Crippen molar-refractivity contribution in [3.63, 3.8) is 0 Å². The Balaban J connectivity index is 1.70. The minimum atomic E-state index is -0.989. The van der Waals surface area contributed by atoms with Gasteiger partial charge in [0.05, 0.1) is 36.0 Å². The highest BCUT2D eigenvalue weighted by Crippen LogP contribution is 2.34. The van der Waals surface area contributed by atoms with Crippen LogP contribution in [-0.4, -0.2) is 56.9 Å². The van der Waals surface area contributed by atoms with Crippen LogP contribution in [0.25, 0.3) is 16.2 Å². The van der Waals surface area contributed by atoms with Gasteiger partial charge in [-0.15, -0.1) is 11.3 Å². The quantitative estimate of drug-likeness (QED) is 0.150. The van der Waals surface area contributed by atoms with Crippen molar-refractivity contribution in [1.82, 2.24) is 19.0 Å². The molecule has 0 saturated carbocycles. The fraction of sp³-hybridized carbons (Fsp3) is 0.400. The number of aromatic nitrogens is 3. The van der Waals surface area contributed by atoms with Crippen molar-refractivity contribution >= 4 is 39.2 Å². The zero-order valence-corrected chi connectivity index (χ0v) is 25.1. The summed E-state index contributed by atoms with van der Waals surface area (Å²) in [6, 6.07) is 6.69. The molecule has 0 aliphatic carbocycles. The van der Waals surface area contributed by atoms with Crippen molar-refractivity contribution in [2.24, 2.45) is 5.92 Å². The van der Waals surface area contributed by atoms with Gasteiger partial charge in [0.2, 0.25) is 5.91 Å². The number of carbonyl (C=O) groups is 3. The van der Waals surface area contributed by atoms with Crippen LogP contribution in [0.5, 0.6) is 5.75 Å². The van der Waals surface area contributed by atoms with E-state index in [1.54, 1.807) is 49.9 Å². The zero-order chi connectivity index (χ0) is 30.8. The maximum absolute atomic E-state index is 14.0. The average Bonchev–Trinajstić information content (AvgIpc) is 3.80. The molecule has 1 aromatic carbocycles. The number of likely N-dealkylation sites (tertiary alicyclic amines) is 1. The van der Waals surface area contributed by atoms with Crippen LogP contribution in [0.1, 0.15) is 60.0 Å². The molecule has 1 aliphatic heterocycles. The predicted octanol–water partition coefficient (Wildman–Crippen LogP) is 3.65. The normalized spacial score (nSPS) is 14.6. The Hall–Kier alpha value is -4.52. The topological polar surface area (TPSA) is 143 Å². The fourth-order valence-electron chi connectivity index (χ4n) is 5.30. The first-order valence-corrected chi connectivity index (χ1v) is 14.8. The first-order chi connectivity index (χ1) is 20.7. The van der Waals surface area contributed by atoms with Crippen LogP contribution in [0, 0.1) is 12.8 Å². The minimum absolute atomic E-state index is 0.0888. The maximum Gasteiger partial charge on any atom is 0.340 e. The molecule has 1 saturated heterocycles. The van der Waals surface area contributed by atoms with Crippen LogP contribution in [0.2, 0.25) is 0 Å². The number of ether oxygens (including phenoxy) is 2. The Morgan fingerprint density at radius 1 is 1.14 bits per heavy atom. The van der Waals surface area contributed by atoms with Gasteiger partial charge in [0.1, 0.15) is 22.9 Å². The number of fused-ring (bicyclic) bond motifs is 1. The Bertz CT molecular complexity index is 1800. The molecule has 13 heteroatoms. The third-order valence-electron chi connectivity index (χ3n) is 7.62. The monoisotopic (exact) mass is 608 g/mol. The molecule has 1 fully saturated rings. The molecule has 0 N–H and O–H groups in total. The van der Waals surface area contributed by atoms with Gasteiger partial charge in [0, 0.05) is 25.1 Å². The second-order valence-electron chi connectivity index (χ2n) is 10.3. The molecule has 1 aliphatic rings. The van der Waals surface area contributed by atoms with Gasteiger partial charge < -0.3 is 18.8 Å². The summed E-state index contributed by atoms with van der Waals surface area (Å²) in [5.74, 6) is -1.74. The van der Waals surface area contributed by atoms with Crippen molar-refractivity contribution in [2.75, 3.05) is 20.2 Å². The second-order valence-corrected chi connectivity index (χ2v) is 11.3. The molecule has 226 valence electrons. The molecule has 43 heavy (non-hydrogen) atoms. The molecule has 0 bridgehead atoms. The molecule has 0 radical (unpaired) electrons. The van der Waals surface area contributed by atoms with Crippen molar-refractivity contribution in [3.8, 4) is 11.8 Å². The standard InChI is InChI=1S/C30H32N4O8S/c1-5-22(35)42-21(19-10-6-7-11-20(19)40-4)16-33-28-23(27(38)34(30(33)39)29-31-12-15-41-29)17(2)25(43-28)24(36)18(3)26(37)32-13-8-9-14-32/h6-7,10-12,15,18,21H,5,8-9,13-14,16H2,1-4H3/t18?,21-/m0/s1. The molecule has 3 aromatic heterocycles. The summed E-state index contributed by atoms with van der Waals surface area (Å²) >= 11 is 0.960. The number of rotatable bonds is 10. The largest absolute Gasteiger partial charge is 0.496 e. The van der Waals surface area contributed by atoms with E-state index >= 15 is 0 Å². The molecule has 1 amide bonds. The Labute approximate surface area is 250 Å². The van der Waals surface area contributed by atoms with Crippen LogP contribution in [0.4, 0.5) is 0 Å². The SMILES string of the molecule is CCC(=O)O[C@@H](Cn1c(=O)n(-c2ncco2)c(=O)c2c(C)c(C(=O)C(C)C(=O)N3CCCC3)sc21)c1ccccc1OC. The van der Waals surface area contributed by atoms with Crippen LogP contribution in [0.3, 0.4) is 0 Å². The lowest BCUT2D eigenvalue weighted by Crippen LogP contribution is -2.40. The van der Waals surface area contributed by atoms with Gasteiger partial charge in [-0.3, -0.25) is 23.7 Å². The van der Waals surface area contributed by atoms with E-state index in [0.717, 1.165) is 28.7 Å². The number of carbonyl (C=O) groups excluding carboxylic acids is 3. The Morgan fingerprint density at radius 2 is 1.86 bits per heavy atom. The molecule has 5 rings (SSSR count). The molecule has 12 nitrogen and oxygen atoms in total. The molecule has 1 unspecified atom stereocenters. The summed E-state index contributed by atoms with van der Waals surface area (Å²) in [6.07, 6.45) is 3.41. The minimum Gasteiger partial charge on any atom is -0.496 e. The number of methoxy groups -OCH3 is 1. The fourth-order valence-corrected chi connectivity index (χ4v) is 6.63. The van der Waals surface area contributed by atoms with Crippen LogP contribution in [0.15, 0.2) is 50.7 Å². The lowest BCUT2D eigenvalue weighted by molar-refractivity contribution is -0.149. The summed E-state index contributed by atoms with van der Waals surface area (Å²) in [5, 5.41) is 0.104. The van der Waals surface area contributed by atoms with E-state index in [-0.39, 0.29) is 40.0 Å². The number of hydrogen-bond acceptors (Lipinski definition) is 10. The highest BCUT2D eigenvalue weighted by Gasteiger charge is 2.33. The number of nitrogens with zero attached hydrogens (tertiary/aromatic N) is 4. The zero-order valence-electron chi connectivity index (χ0n) is 24.3. The number of benzene rings is 1.